The van der Waals surface area contributed by atoms with Gasteiger partial charge in [0.1, 0.15) is 12.4 Å². The van der Waals surface area contributed by atoms with E-state index in [1.54, 1.807) is 18.3 Å². The van der Waals surface area contributed by atoms with Gasteiger partial charge >= 0.3 is 0 Å². The molecule has 0 heterocycles. The molecular formula is C21H17N2O3-. The molecule has 5 heteroatoms. The summed E-state index contributed by atoms with van der Waals surface area (Å²) in [6.07, 6.45) is 1.74. The van der Waals surface area contributed by atoms with Crippen LogP contribution < -0.4 is 14.9 Å². The van der Waals surface area contributed by atoms with Gasteiger partial charge in [-0.3, -0.25) is 0 Å². The van der Waals surface area contributed by atoms with Crippen LogP contribution in [0.1, 0.15) is 5.56 Å². The molecule has 0 fully saturated rings. The lowest BCUT2D eigenvalue weighted by Gasteiger charge is -2.19. The average Bonchev–Trinajstić information content (AvgIpc) is 2.69. The number of aliphatic carboxylic acids is 1. The Labute approximate surface area is 151 Å². The van der Waals surface area contributed by atoms with Crippen LogP contribution in [0.3, 0.4) is 0 Å². The predicted octanol–water partition coefficient (Wildman–Crippen LogP) is 2.99. The van der Waals surface area contributed by atoms with E-state index in [0.29, 0.717) is 5.75 Å². The van der Waals surface area contributed by atoms with E-state index in [4.69, 9.17) is 4.74 Å². The molecule has 0 bridgehead atoms. The molecule has 3 aromatic rings. The van der Waals surface area contributed by atoms with E-state index in [1.165, 1.54) is 0 Å². The van der Waals surface area contributed by atoms with Gasteiger partial charge in [0.25, 0.3) is 0 Å². The van der Waals surface area contributed by atoms with Crippen LogP contribution in [0.25, 0.3) is 0 Å². The number of carboxylic acid groups (broad SMARTS) is 1. The van der Waals surface area contributed by atoms with E-state index in [1.807, 2.05) is 77.8 Å². The van der Waals surface area contributed by atoms with Gasteiger partial charge in [0, 0.05) is 0 Å². The molecule has 130 valence electrons. The van der Waals surface area contributed by atoms with Gasteiger partial charge in [0.15, 0.2) is 0 Å². The van der Waals surface area contributed by atoms with Gasteiger partial charge in [-0.05, 0) is 54.1 Å². The third kappa shape index (κ3) is 4.70. The summed E-state index contributed by atoms with van der Waals surface area (Å²) < 4.78 is 5.07. The number of benzene rings is 3. The molecule has 3 aromatic carbocycles. The van der Waals surface area contributed by atoms with E-state index in [9.17, 15) is 9.90 Å². The molecule has 0 radical (unpaired) electrons. The molecule has 0 aliphatic rings. The number of hydrogen-bond donors (Lipinski definition) is 0. The summed E-state index contributed by atoms with van der Waals surface area (Å²) in [6.45, 7) is -0.469. The molecule has 0 atom stereocenters. The molecule has 0 aliphatic heterocycles. The van der Waals surface area contributed by atoms with Gasteiger partial charge in [-0.15, -0.1) is 0 Å². The summed E-state index contributed by atoms with van der Waals surface area (Å²) >= 11 is 0. The first-order valence-corrected chi connectivity index (χ1v) is 8.09. The molecule has 26 heavy (non-hydrogen) atoms. The van der Waals surface area contributed by atoms with Crippen molar-refractivity contribution in [3.63, 3.8) is 0 Å². The van der Waals surface area contributed by atoms with Crippen molar-refractivity contribution < 1.29 is 14.6 Å². The number of nitrogens with zero attached hydrogens (tertiary/aromatic N) is 2. The van der Waals surface area contributed by atoms with Gasteiger partial charge in [0.2, 0.25) is 0 Å². The molecule has 0 saturated heterocycles. The van der Waals surface area contributed by atoms with E-state index < -0.39 is 12.6 Å². The van der Waals surface area contributed by atoms with Crippen molar-refractivity contribution in [2.75, 3.05) is 11.6 Å². The maximum atomic E-state index is 10.4. The van der Waals surface area contributed by atoms with Gasteiger partial charge in [-0.1, -0.05) is 36.4 Å². The van der Waals surface area contributed by atoms with Crippen LogP contribution >= 0.6 is 0 Å². The number of rotatable bonds is 7. The van der Waals surface area contributed by atoms with Crippen molar-refractivity contribution in [3.05, 3.63) is 90.5 Å². The number of carboxylic acids is 1. The lowest BCUT2D eigenvalue weighted by molar-refractivity contribution is -0.307. The minimum Gasteiger partial charge on any atom is -0.546 e. The van der Waals surface area contributed by atoms with Crippen LogP contribution in [0.5, 0.6) is 5.75 Å². The van der Waals surface area contributed by atoms with Crippen LogP contribution in [0.4, 0.5) is 11.4 Å². The SMILES string of the molecule is O=C([O-])COc1ccc(/C=N\N(c2ccccc2)c2ccccc2)cc1. The average molecular weight is 345 g/mol. The van der Waals surface area contributed by atoms with Gasteiger partial charge in [-0.2, -0.15) is 5.10 Å². The number of ether oxygens (including phenoxy) is 1. The lowest BCUT2D eigenvalue weighted by Crippen LogP contribution is -2.28. The number of hydrogen-bond acceptors (Lipinski definition) is 5. The van der Waals surface area contributed by atoms with E-state index in [-0.39, 0.29) is 0 Å². The Balaban J connectivity index is 1.79. The Morgan fingerprint density at radius 1 is 0.885 bits per heavy atom. The Kier molecular flexibility index (Phi) is 5.62. The molecule has 0 aromatic heterocycles. The number of anilines is 2. The molecule has 0 spiro atoms. The third-order valence-corrected chi connectivity index (χ3v) is 3.56. The summed E-state index contributed by atoms with van der Waals surface area (Å²) in [6, 6.07) is 26.7. The maximum Gasteiger partial charge on any atom is 0.128 e. The standard InChI is InChI=1S/C21H18N2O3/c24-21(25)16-26-20-13-11-17(12-14-20)15-22-23(18-7-3-1-4-8-18)19-9-5-2-6-10-19/h1-15H,16H2,(H,24,25)/p-1/b22-15-. The fourth-order valence-electron chi connectivity index (χ4n) is 2.34. The Bertz CT molecular complexity index is 823. The Morgan fingerprint density at radius 3 is 1.92 bits per heavy atom. The second kappa shape index (κ2) is 8.48. The first-order chi connectivity index (χ1) is 12.7. The van der Waals surface area contributed by atoms with Crippen LogP contribution in [0, 0.1) is 0 Å². The topological polar surface area (TPSA) is 65.0 Å². The highest BCUT2D eigenvalue weighted by Gasteiger charge is 2.06. The van der Waals surface area contributed by atoms with Crippen molar-refractivity contribution in [2.24, 2.45) is 5.10 Å². The van der Waals surface area contributed by atoms with E-state index in [0.717, 1.165) is 16.9 Å². The zero-order chi connectivity index (χ0) is 18.2. The summed E-state index contributed by atoms with van der Waals surface area (Å²) in [5.74, 6) is -0.786. The molecular weight excluding hydrogens is 328 g/mol. The van der Waals surface area contributed by atoms with E-state index >= 15 is 0 Å². The highest BCUT2D eigenvalue weighted by atomic mass is 16.5. The predicted molar refractivity (Wildman–Crippen MR) is 99.6 cm³/mol. The van der Waals surface area contributed by atoms with Crippen molar-refractivity contribution >= 4 is 23.6 Å². The summed E-state index contributed by atoms with van der Waals surface area (Å²) in [5.41, 5.74) is 2.76. The number of carbonyl (C=O) groups excluding carboxylic acids is 1. The van der Waals surface area contributed by atoms with Crippen LogP contribution in [0.2, 0.25) is 0 Å². The van der Waals surface area contributed by atoms with Crippen LogP contribution in [-0.2, 0) is 4.79 Å². The fourth-order valence-corrected chi connectivity index (χ4v) is 2.34. The van der Waals surface area contributed by atoms with Crippen molar-refractivity contribution in [2.45, 2.75) is 0 Å². The molecule has 0 unspecified atom stereocenters. The second-order valence-electron chi connectivity index (χ2n) is 5.46. The van der Waals surface area contributed by atoms with E-state index in [2.05, 4.69) is 5.10 Å². The van der Waals surface area contributed by atoms with Crippen molar-refractivity contribution in [1.82, 2.24) is 0 Å². The zero-order valence-corrected chi connectivity index (χ0v) is 14.0. The quantitative estimate of drug-likeness (QED) is 0.488. The lowest BCUT2D eigenvalue weighted by atomic mass is 10.2. The smallest absolute Gasteiger partial charge is 0.128 e. The number of para-hydroxylation sites is 2. The molecule has 0 N–H and O–H groups in total. The maximum absolute atomic E-state index is 10.4. The van der Waals surface area contributed by atoms with Crippen LogP contribution in [0.15, 0.2) is 90.0 Å². The molecule has 0 saturated carbocycles. The second-order valence-corrected chi connectivity index (χ2v) is 5.46. The fraction of sp³-hybridized carbons (Fsp3) is 0.0476. The molecule has 0 aliphatic carbocycles. The molecule has 0 amide bonds. The summed E-state index contributed by atoms with van der Waals surface area (Å²) in [4.78, 5) is 10.4. The molecule has 5 nitrogen and oxygen atoms in total. The van der Waals surface area contributed by atoms with Crippen molar-refractivity contribution in [1.29, 1.82) is 0 Å². The third-order valence-electron chi connectivity index (χ3n) is 3.56. The van der Waals surface area contributed by atoms with Crippen molar-refractivity contribution in [3.8, 4) is 5.75 Å². The number of hydrazone groups is 1. The van der Waals surface area contributed by atoms with Crippen LogP contribution in [-0.4, -0.2) is 18.8 Å². The van der Waals surface area contributed by atoms with Gasteiger partial charge in [-0.25, -0.2) is 5.01 Å². The first-order valence-electron chi connectivity index (χ1n) is 8.09. The normalized spacial score (nSPS) is 10.6. The van der Waals surface area contributed by atoms with Gasteiger partial charge in [0.05, 0.1) is 23.6 Å². The number of carbonyl (C=O) groups is 1. The monoisotopic (exact) mass is 345 g/mol. The highest BCUT2D eigenvalue weighted by molar-refractivity contribution is 5.82. The van der Waals surface area contributed by atoms with Gasteiger partial charge < -0.3 is 14.6 Å². The first kappa shape index (κ1) is 17.2. The summed E-state index contributed by atoms with van der Waals surface area (Å²) in [7, 11) is 0. The zero-order valence-electron chi connectivity index (χ0n) is 14.0. The Hall–Kier alpha value is -3.60. The molecule has 3 rings (SSSR count). The highest BCUT2D eigenvalue weighted by Crippen LogP contribution is 2.25. The largest absolute Gasteiger partial charge is 0.546 e. The minimum atomic E-state index is -1.25. The summed E-state index contributed by atoms with van der Waals surface area (Å²) in [5, 5.41) is 16.9. The minimum absolute atomic E-state index is 0.467. The Morgan fingerprint density at radius 2 is 1.42 bits per heavy atom.